The Kier molecular flexibility index (Phi) is 3.94. The molecule has 1 amide bonds. The van der Waals surface area contributed by atoms with Crippen molar-refractivity contribution in [3.63, 3.8) is 0 Å². The predicted molar refractivity (Wildman–Crippen MR) is 74.0 cm³/mol. The molecule has 0 bridgehead atoms. The molecule has 0 saturated heterocycles. The summed E-state index contributed by atoms with van der Waals surface area (Å²) < 4.78 is 0. The molecule has 2 N–H and O–H groups in total. The van der Waals surface area contributed by atoms with Gasteiger partial charge in [-0.25, -0.2) is 4.98 Å². The number of hydrogen-bond donors (Lipinski definition) is 2. The lowest BCUT2D eigenvalue weighted by atomic mass is 10.1. The van der Waals surface area contributed by atoms with Crippen LogP contribution in [0, 0.1) is 6.92 Å². The van der Waals surface area contributed by atoms with E-state index in [1.807, 2.05) is 37.6 Å². The van der Waals surface area contributed by atoms with Gasteiger partial charge in [-0.2, -0.15) is 0 Å². The summed E-state index contributed by atoms with van der Waals surface area (Å²) in [6, 6.07) is 5.68. The molecule has 5 heteroatoms. The van der Waals surface area contributed by atoms with Crippen molar-refractivity contribution in [3.8, 4) is 0 Å². The van der Waals surface area contributed by atoms with E-state index in [-0.39, 0.29) is 5.91 Å². The molecule has 0 saturated carbocycles. The van der Waals surface area contributed by atoms with Crippen LogP contribution in [0.4, 0.5) is 5.69 Å². The third-order valence-electron chi connectivity index (χ3n) is 2.64. The van der Waals surface area contributed by atoms with Gasteiger partial charge in [-0.15, -0.1) is 11.3 Å². The zero-order valence-electron chi connectivity index (χ0n) is 10.4. The molecule has 1 aromatic carbocycles. The van der Waals surface area contributed by atoms with Crippen LogP contribution >= 0.6 is 11.3 Å². The van der Waals surface area contributed by atoms with Crippen LogP contribution in [-0.4, -0.2) is 17.9 Å². The summed E-state index contributed by atoms with van der Waals surface area (Å²) in [6.45, 7) is 2.41. The van der Waals surface area contributed by atoms with E-state index in [9.17, 15) is 4.79 Å². The molecular formula is C13H15N3OS. The molecule has 0 unspecified atom stereocenters. The standard InChI is InChI=1S/C13H15N3OS/c1-9-7-10(14-2)3-4-11(9)13(17)16-8-12-15-5-6-18-12/h3-7,14H,8H2,1-2H3,(H,16,17). The molecule has 18 heavy (non-hydrogen) atoms. The van der Waals surface area contributed by atoms with Crippen LogP contribution in [-0.2, 0) is 6.54 Å². The Hall–Kier alpha value is -1.88. The number of benzene rings is 1. The molecular weight excluding hydrogens is 246 g/mol. The quantitative estimate of drug-likeness (QED) is 0.888. The van der Waals surface area contributed by atoms with Crippen LogP contribution in [0.3, 0.4) is 0 Å². The van der Waals surface area contributed by atoms with E-state index >= 15 is 0 Å². The number of carbonyl (C=O) groups excluding carboxylic acids is 1. The van der Waals surface area contributed by atoms with Gasteiger partial charge in [0.1, 0.15) is 5.01 Å². The number of thiazole rings is 1. The maximum absolute atomic E-state index is 12.0. The molecule has 94 valence electrons. The zero-order valence-corrected chi connectivity index (χ0v) is 11.2. The summed E-state index contributed by atoms with van der Waals surface area (Å²) in [7, 11) is 1.86. The topological polar surface area (TPSA) is 54.0 Å². The first-order chi connectivity index (χ1) is 8.70. The fourth-order valence-electron chi connectivity index (χ4n) is 1.67. The summed E-state index contributed by atoms with van der Waals surface area (Å²) in [5.41, 5.74) is 2.66. The van der Waals surface area contributed by atoms with E-state index in [1.165, 1.54) is 11.3 Å². The van der Waals surface area contributed by atoms with Gasteiger partial charge in [-0.05, 0) is 30.7 Å². The fraction of sp³-hybridized carbons (Fsp3) is 0.231. The third-order valence-corrected chi connectivity index (χ3v) is 3.42. The van der Waals surface area contributed by atoms with Gasteiger partial charge in [0.25, 0.3) is 5.91 Å². The molecule has 0 aliphatic carbocycles. The van der Waals surface area contributed by atoms with Gasteiger partial charge in [0.15, 0.2) is 0 Å². The molecule has 2 aromatic rings. The number of rotatable bonds is 4. The number of nitrogens with one attached hydrogen (secondary N) is 2. The lowest BCUT2D eigenvalue weighted by Crippen LogP contribution is -2.23. The van der Waals surface area contributed by atoms with Gasteiger partial charge in [0.05, 0.1) is 6.54 Å². The number of aryl methyl sites for hydroxylation is 1. The summed E-state index contributed by atoms with van der Waals surface area (Å²) in [6.07, 6.45) is 1.74. The van der Waals surface area contributed by atoms with Crippen LogP contribution in [0.1, 0.15) is 20.9 Å². The average molecular weight is 261 g/mol. The minimum Gasteiger partial charge on any atom is -0.388 e. The number of hydrogen-bond acceptors (Lipinski definition) is 4. The zero-order chi connectivity index (χ0) is 13.0. The van der Waals surface area contributed by atoms with Crippen molar-refractivity contribution in [1.29, 1.82) is 0 Å². The summed E-state index contributed by atoms with van der Waals surface area (Å²) in [5, 5.41) is 8.72. The number of nitrogens with zero attached hydrogens (tertiary/aromatic N) is 1. The second-order valence-corrected chi connectivity index (χ2v) is 4.87. The molecule has 0 radical (unpaired) electrons. The highest BCUT2D eigenvalue weighted by Gasteiger charge is 2.09. The lowest BCUT2D eigenvalue weighted by molar-refractivity contribution is 0.0950. The first-order valence-electron chi connectivity index (χ1n) is 5.65. The minimum atomic E-state index is -0.0645. The van der Waals surface area contributed by atoms with Gasteiger partial charge in [0.2, 0.25) is 0 Å². The Morgan fingerprint density at radius 3 is 2.89 bits per heavy atom. The van der Waals surface area contributed by atoms with Gasteiger partial charge >= 0.3 is 0 Å². The normalized spacial score (nSPS) is 10.1. The highest BCUT2D eigenvalue weighted by atomic mass is 32.1. The Morgan fingerprint density at radius 1 is 1.44 bits per heavy atom. The van der Waals surface area contributed by atoms with Crippen molar-refractivity contribution in [1.82, 2.24) is 10.3 Å². The van der Waals surface area contributed by atoms with Crippen molar-refractivity contribution < 1.29 is 4.79 Å². The molecule has 0 aliphatic heterocycles. The summed E-state index contributed by atoms with van der Waals surface area (Å²) in [4.78, 5) is 16.1. The van der Waals surface area contributed by atoms with Gasteiger partial charge in [-0.1, -0.05) is 0 Å². The van der Waals surface area contributed by atoms with E-state index in [4.69, 9.17) is 0 Å². The van der Waals surface area contributed by atoms with Crippen molar-refractivity contribution in [2.24, 2.45) is 0 Å². The van der Waals surface area contributed by atoms with E-state index in [1.54, 1.807) is 6.20 Å². The Bertz CT molecular complexity index is 537. The monoisotopic (exact) mass is 261 g/mol. The van der Waals surface area contributed by atoms with E-state index in [0.717, 1.165) is 16.3 Å². The largest absolute Gasteiger partial charge is 0.388 e. The average Bonchev–Trinajstić information content (AvgIpc) is 2.88. The van der Waals surface area contributed by atoms with Gasteiger partial charge in [-0.3, -0.25) is 4.79 Å². The van der Waals surface area contributed by atoms with Gasteiger partial charge < -0.3 is 10.6 Å². The molecule has 1 aromatic heterocycles. The fourth-order valence-corrected chi connectivity index (χ4v) is 2.22. The SMILES string of the molecule is CNc1ccc(C(=O)NCc2nccs2)c(C)c1. The molecule has 4 nitrogen and oxygen atoms in total. The summed E-state index contributed by atoms with van der Waals surface area (Å²) >= 11 is 1.53. The second kappa shape index (κ2) is 5.64. The maximum Gasteiger partial charge on any atom is 0.251 e. The highest BCUT2D eigenvalue weighted by Crippen LogP contribution is 2.14. The molecule has 2 rings (SSSR count). The maximum atomic E-state index is 12.0. The van der Waals surface area contributed by atoms with Crippen LogP contribution < -0.4 is 10.6 Å². The smallest absolute Gasteiger partial charge is 0.251 e. The number of amides is 1. The predicted octanol–water partition coefficient (Wildman–Crippen LogP) is 2.42. The Labute approximate surface area is 110 Å². The van der Waals surface area contributed by atoms with Crippen molar-refractivity contribution in [3.05, 3.63) is 45.9 Å². The van der Waals surface area contributed by atoms with Crippen molar-refractivity contribution in [2.75, 3.05) is 12.4 Å². The highest BCUT2D eigenvalue weighted by molar-refractivity contribution is 7.09. The third kappa shape index (κ3) is 2.87. The second-order valence-electron chi connectivity index (χ2n) is 3.89. The van der Waals surface area contributed by atoms with Crippen molar-refractivity contribution in [2.45, 2.75) is 13.5 Å². The summed E-state index contributed by atoms with van der Waals surface area (Å²) in [5.74, 6) is -0.0645. The van der Waals surface area contributed by atoms with Gasteiger partial charge in [0, 0.05) is 29.9 Å². The molecule has 1 heterocycles. The Balaban J connectivity index is 2.04. The van der Waals surface area contributed by atoms with E-state index < -0.39 is 0 Å². The van der Waals surface area contributed by atoms with E-state index in [0.29, 0.717) is 12.1 Å². The van der Waals surface area contributed by atoms with Crippen LogP contribution in [0.5, 0.6) is 0 Å². The first kappa shape index (κ1) is 12.6. The Morgan fingerprint density at radius 2 is 2.28 bits per heavy atom. The first-order valence-corrected chi connectivity index (χ1v) is 6.53. The van der Waals surface area contributed by atoms with E-state index in [2.05, 4.69) is 15.6 Å². The number of anilines is 1. The molecule has 0 atom stereocenters. The molecule has 0 fully saturated rings. The number of carbonyl (C=O) groups is 1. The minimum absolute atomic E-state index is 0.0645. The van der Waals surface area contributed by atoms with Crippen LogP contribution in [0.2, 0.25) is 0 Å². The van der Waals surface area contributed by atoms with Crippen molar-refractivity contribution >= 4 is 22.9 Å². The molecule has 0 spiro atoms. The number of aromatic nitrogens is 1. The molecule has 0 aliphatic rings. The van der Waals surface area contributed by atoms with Crippen LogP contribution in [0.25, 0.3) is 0 Å². The van der Waals surface area contributed by atoms with Crippen LogP contribution in [0.15, 0.2) is 29.8 Å². The lowest BCUT2D eigenvalue weighted by Gasteiger charge is -2.08.